The molecule has 28 heavy (non-hydrogen) atoms. The minimum absolute atomic E-state index is 0.111. The summed E-state index contributed by atoms with van der Waals surface area (Å²) < 4.78 is 6.62. The van der Waals surface area contributed by atoms with Crippen LogP contribution in [-0.4, -0.2) is 20.6 Å². The van der Waals surface area contributed by atoms with E-state index in [9.17, 15) is 14.4 Å². The minimum Gasteiger partial charge on any atom is -0.426 e. The van der Waals surface area contributed by atoms with Crippen molar-refractivity contribution in [3.8, 4) is 17.0 Å². The van der Waals surface area contributed by atoms with Gasteiger partial charge in [0.1, 0.15) is 5.75 Å². The molecule has 0 aliphatic heterocycles. The van der Waals surface area contributed by atoms with E-state index in [-0.39, 0.29) is 10.7 Å². The Hall–Kier alpha value is -3.65. The van der Waals surface area contributed by atoms with E-state index in [0.29, 0.717) is 21.4 Å². The first kappa shape index (κ1) is 17.7. The van der Waals surface area contributed by atoms with Gasteiger partial charge in [-0.05, 0) is 12.1 Å². The average molecular weight is 391 g/mol. The summed E-state index contributed by atoms with van der Waals surface area (Å²) in [5.74, 6) is -0.118. The summed E-state index contributed by atoms with van der Waals surface area (Å²) in [5.41, 5.74) is 0.361. The molecule has 0 amide bonds. The molecule has 2 heterocycles. The van der Waals surface area contributed by atoms with Crippen molar-refractivity contribution in [3.63, 3.8) is 0 Å². The average Bonchev–Trinajstić information content (AvgIpc) is 2.97. The van der Waals surface area contributed by atoms with E-state index in [1.165, 1.54) is 6.92 Å². The van der Waals surface area contributed by atoms with Crippen molar-refractivity contribution < 1.29 is 9.53 Å². The van der Waals surface area contributed by atoms with Gasteiger partial charge in [0, 0.05) is 18.1 Å². The number of fused-ring (bicyclic) bond motifs is 1. The zero-order valence-corrected chi connectivity index (χ0v) is 15.5. The summed E-state index contributed by atoms with van der Waals surface area (Å²) >= 11 is 1.05. The van der Waals surface area contributed by atoms with Crippen LogP contribution in [0.15, 0.2) is 64.2 Å². The van der Waals surface area contributed by atoms with E-state index in [0.717, 1.165) is 15.9 Å². The van der Waals surface area contributed by atoms with Gasteiger partial charge in [-0.3, -0.25) is 14.4 Å². The monoisotopic (exact) mass is 391 g/mol. The van der Waals surface area contributed by atoms with Crippen LogP contribution in [0, 0.1) is 0 Å². The fourth-order valence-electron chi connectivity index (χ4n) is 2.67. The number of hydrogen-bond acceptors (Lipinski definition) is 7. The Bertz CT molecular complexity index is 1360. The Morgan fingerprint density at radius 2 is 1.79 bits per heavy atom. The van der Waals surface area contributed by atoms with Crippen LogP contribution in [-0.2, 0) is 4.79 Å². The van der Waals surface area contributed by atoms with Crippen molar-refractivity contribution in [1.29, 1.82) is 0 Å². The number of carbonyl (C=O) groups excluding carboxylic acids is 1. The van der Waals surface area contributed by atoms with Gasteiger partial charge in [-0.2, -0.15) is 14.6 Å². The molecule has 2 aromatic heterocycles. The summed E-state index contributed by atoms with van der Waals surface area (Å²) in [7, 11) is 0. The lowest BCUT2D eigenvalue weighted by molar-refractivity contribution is -0.131. The Balaban J connectivity index is 1.90. The molecule has 0 spiro atoms. The van der Waals surface area contributed by atoms with Crippen LogP contribution in [0.25, 0.3) is 22.3 Å². The number of ether oxygens (including phenoxy) is 1. The van der Waals surface area contributed by atoms with Gasteiger partial charge in [0.15, 0.2) is 5.69 Å². The van der Waals surface area contributed by atoms with Gasteiger partial charge in [0.2, 0.25) is 4.96 Å². The summed E-state index contributed by atoms with van der Waals surface area (Å²) in [4.78, 5) is 40.6. The molecular weight excluding hydrogens is 378 g/mol. The molecule has 0 atom stereocenters. The van der Waals surface area contributed by atoms with E-state index in [2.05, 4.69) is 10.1 Å². The quantitative estimate of drug-likeness (QED) is 0.390. The topological polar surface area (TPSA) is 90.6 Å². The molecule has 0 unspecified atom stereocenters. The van der Waals surface area contributed by atoms with E-state index in [4.69, 9.17) is 4.74 Å². The zero-order chi connectivity index (χ0) is 19.7. The van der Waals surface area contributed by atoms with Gasteiger partial charge >= 0.3 is 11.5 Å². The van der Waals surface area contributed by atoms with Crippen LogP contribution >= 0.6 is 11.3 Å². The molecule has 4 aromatic rings. The molecule has 2 aromatic carbocycles. The van der Waals surface area contributed by atoms with Gasteiger partial charge < -0.3 is 4.74 Å². The number of para-hydroxylation sites is 1. The van der Waals surface area contributed by atoms with Crippen LogP contribution in [0.1, 0.15) is 12.5 Å². The molecule has 0 bridgehead atoms. The molecule has 7 nitrogen and oxygen atoms in total. The van der Waals surface area contributed by atoms with Crippen LogP contribution in [0.4, 0.5) is 0 Å². The summed E-state index contributed by atoms with van der Waals surface area (Å²) in [6.07, 6.45) is 1.59. The number of hydrogen-bond donors (Lipinski definition) is 0. The number of carbonyl (C=O) groups is 1. The molecule has 138 valence electrons. The fourth-order valence-corrected chi connectivity index (χ4v) is 3.57. The van der Waals surface area contributed by atoms with Crippen LogP contribution < -0.4 is 20.4 Å². The fraction of sp³-hybridized carbons (Fsp3) is 0.0500. The maximum atomic E-state index is 12.8. The van der Waals surface area contributed by atoms with Gasteiger partial charge in [0.25, 0.3) is 5.56 Å². The first-order valence-corrected chi connectivity index (χ1v) is 9.13. The SMILES string of the molecule is CC(=O)Oc1ccccc1C=c1sc2nc(=O)c(-c3ccccc3)nn2c1=O. The van der Waals surface area contributed by atoms with Crippen LogP contribution in [0.5, 0.6) is 5.75 Å². The number of aromatic nitrogens is 3. The van der Waals surface area contributed by atoms with Crippen molar-refractivity contribution in [3.05, 3.63) is 85.4 Å². The minimum atomic E-state index is -0.501. The standard InChI is InChI=1S/C20H13N3O4S/c1-12(24)27-15-10-6-5-9-14(15)11-16-19(26)23-20(28-16)21-18(25)17(22-23)13-7-3-2-4-8-13/h2-11H,1H3. The highest BCUT2D eigenvalue weighted by Gasteiger charge is 2.13. The van der Waals surface area contributed by atoms with Crippen molar-refractivity contribution >= 4 is 28.3 Å². The Morgan fingerprint density at radius 1 is 1.07 bits per heavy atom. The summed E-state index contributed by atoms with van der Waals surface area (Å²) in [6, 6.07) is 15.7. The zero-order valence-electron chi connectivity index (χ0n) is 14.7. The molecule has 0 fully saturated rings. The Labute approximate surface area is 162 Å². The van der Waals surface area contributed by atoms with Crippen molar-refractivity contribution in [2.75, 3.05) is 0 Å². The molecular formula is C20H13N3O4S. The van der Waals surface area contributed by atoms with Crippen molar-refractivity contribution in [2.45, 2.75) is 6.92 Å². The van der Waals surface area contributed by atoms with E-state index < -0.39 is 17.1 Å². The third-order valence-electron chi connectivity index (χ3n) is 3.89. The van der Waals surface area contributed by atoms with Crippen LogP contribution in [0.2, 0.25) is 0 Å². The molecule has 8 heteroatoms. The molecule has 0 N–H and O–H groups in total. The first-order chi connectivity index (χ1) is 13.5. The third kappa shape index (κ3) is 3.33. The largest absolute Gasteiger partial charge is 0.426 e. The Morgan fingerprint density at radius 3 is 2.54 bits per heavy atom. The number of esters is 1. The van der Waals surface area contributed by atoms with Crippen molar-refractivity contribution in [1.82, 2.24) is 14.6 Å². The second-order valence-corrected chi connectivity index (χ2v) is 6.88. The first-order valence-electron chi connectivity index (χ1n) is 8.31. The summed E-state index contributed by atoms with van der Waals surface area (Å²) in [5, 5.41) is 4.21. The maximum absolute atomic E-state index is 12.8. The van der Waals surface area contributed by atoms with E-state index >= 15 is 0 Å². The maximum Gasteiger partial charge on any atom is 0.308 e. The molecule has 0 saturated carbocycles. The number of rotatable bonds is 3. The predicted octanol–water partition coefficient (Wildman–Crippen LogP) is 1.65. The molecule has 0 aliphatic rings. The third-order valence-corrected chi connectivity index (χ3v) is 4.85. The number of thiazole rings is 1. The summed E-state index contributed by atoms with van der Waals surface area (Å²) in [6.45, 7) is 1.31. The Kier molecular flexibility index (Phi) is 4.54. The van der Waals surface area contributed by atoms with Gasteiger partial charge in [0.05, 0.1) is 4.53 Å². The van der Waals surface area contributed by atoms with Gasteiger partial charge in [-0.1, -0.05) is 59.9 Å². The smallest absolute Gasteiger partial charge is 0.308 e. The molecule has 0 radical (unpaired) electrons. The molecule has 0 saturated heterocycles. The van der Waals surface area contributed by atoms with E-state index in [1.807, 2.05) is 6.07 Å². The highest BCUT2D eigenvalue weighted by molar-refractivity contribution is 7.15. The van der Waals surface area contributed by atoms with E-state index in [1.54, 1.807) is 54.6 Å². The highest BCUT2D eigenvalue weighted by atomic mass is 32.1. The molecule has 4 rings (SSSR count). The predicted molar refractivity (Wildman–Crippen MR) is 105 cm³/mol. The second kappa shape index (κ2) is 7.16. The number of benzene rings is 2. The van der Waals surface area contributed by atoms with Gasteiger partial charge in [-0.25, -0.2) is 0 Å². The number of nitrogens with zero attached hydrogens (tertiary/aromatic N) is 3. The lowest BCUT2D eigenvalue weighted by Crippen LogP contribution is -2.26. The second-order valence-electron chi connectivity index (χ2n) is 5.87. The lowest BCUT2D eigenvalue weighted by Gasteiger charge is -2.03. The van der Waals surface area contributed by atoms with Crippen LogP contribution in [0.3, 0.4) is 0 Å². The normalized spacial score (nSPS) is 11.7. The highest BCUT2D eigenvalue weighted by Crippen LogP contribution is 2.19. The lowest BCUT2D eigenvalue weighted by atomic mass is 10.2. The van der Waals surface area contributed by atoms with Gasteiger partial charge in [-0.15, -0.1) is 0 Å². The molecule has 0 aliphatic carbocycles. The van der Waals surface area contributed by atoms with Crippen molar-refractivity contribution in [2.24, 2.45) is 0 Å².